The van der Waals surface area contributed by atoms with Crippen LogP contribution in [-0.2, 0) is 4.79 Å². The zero-order valence-corrected chi connectivity index (χ0v) is 13.9. The molecule has 6 nitrogen and oxygen atoms in total. The van der Waals surface area contributed by atoms with Crippen LogP contribution in [0.3, 0.4) is 0 Å². The minimum absolute atomic E-state index is 0.0496. The molecule has 0 radical (unpaired) electrons. The van der Waals surface area contributed by atoms with Crippen LogP contribution in [0, 0.1) is 27.9 Å². The topological polar surface area (TPSA) is 85.1 Å². The average molecular weight is 335 g/mol. The molecule has 2 fully saturated rings. The predicted molar refractivity (Wildman–Crippen MR) is 88.2 cm³/mol. The molecule has 0 spiro atoms. The van der Waals surface area contributed by atoms with Crippen molar-refractivity contribution < 1.29 is 9.72 Å². The zero-order chi connectivity index (χ0) is 16.4. The molecule has 2 aliphatic carbocycles. The van der Waals surface area contributed by atoms with Gasteiger partial charge in [0.2, 0.25) is 5.91 Å². The van der Waals surface area contributed by atoms with Gasteiger partial charge in [0.25, 0.3) is 0 Å². The van der Waals surface area contributed by atoms with E-state index >= 15 is 0 Å². The van der Waals surface area contributed by atoms with Gasteiger partial charge in [0.05, 0.1) is 10.7 Å². The number of fused-ring (bicyclic) bond motifs is 2. The second-order valence-corrected chi connectivity index (χ2v) is 7.53. The van der Waals surface area contributed by atoms with Gasteiger partial charge in [-0.15, -0.1) is 0 Å². The van der Waals surface area contributed by atoms with E-state index in [0.717, 1.165) is 23.6 Å². The summed E-state index contributed by atoms with van der Waals surface area (Å²) in [5, 5.41) is 14.3. The minimum Gasteiger partial charge on any atom is -0.353 e. The highest BCUT2D eigenvalue weighted by atomic mass is 32.2. The van der Waals surface area contributed by atoms with E-state index in [-0.39, 0.29) is 23.4 Å². The van der Waals surface area contributed by atoms with Gasteiger partial charge < -0.3 is 5.32 Å². The van der Waals surface area contributed by atoms with Crippen molar-refractivity contribution in [2.75, 3.05) is 5.75 Å². The monoisotopic (exact) mass is 335 g/mol. The molecule has 4 unspecified atom stereocenters. The van der Waals surface area contributed by atoms with Crippen molar-refractivity contribution in [1.82, 2.24) is 10.3 Å². The lowest BCUT2D eigenvalue weighted by atomic mass is 9.84. The summed E-state index contributed by atoms with van der Waals surface area (Å²) in [4.78, 5) is 26.6. The van der Waals surface area contributed by atoms with Crippen LogP contribution < -0.4 is 5.32 Å². The molecule has 0 aromatic carbocycles. The highest BCUT2D eigenvalue weighted by Gasteiger charge is 2.42. The highest BCUT2D eigenvalue weighted by Crippen LogP contribution is 2.49. The Morgan fingerprint density at radius 3 is 3.00 bits per heavy atom. The first-order chi connectivity index (χ1) is 11.0. The number of hydrogen-bond acceptors (Lipinski definition) is 5. The first-order valence-electron chi connectivity index (χ1n) is 8.06. The second-order valence-electron chi connectivity index (χ2n) is 6.57. The minimum atomic E-state index is -0.467. The van der Waals surface area contributed by atoms with E-state index in [1.807, 2.05) is 0 Å². The van der Waals surface area contributed by atoms with E-state index in [1.54, 1.807) is 0 Å². The number of carbonyl (C=O) groups is 1. The third-order valence-electron chi connectivity index (χ3n) is 5.11. The maximum absolute atomic E-state index is 12.1. The standard InChI is InChI=1S/C16H21N3O3S/c1-10(13-8-11-4-5-12(13)7-11)18-15(20)9-23-16-14(19(21)22)3-2-6-17-16/h2-3,6,10-13H,4-5,7-9H2,1H3,(H,18,20). The SMILES string of the molecule is CC(NC(=O)CSc1ncccc1[N+](=O)[O-])C1CC2CCC1C2. The molecule has 1 amide bonds. The lowest BCUT2D eigenvalue weighted by Crippen LogP contribution is -2.40. The second kappa shape index (κ2) is 6.86. The summed E-state index contributed by atoms with van der Waals surface area (Å²) in [7, 11) is 0. The fraction of sp³-hybridized carbons (Fsp3) is 0.625. The molecule has 2 saturated carbocycles. The molecule has 2 bridgehead atoms. The maximum Gasteiger partial charge on any atom is 0.301 e. The van der Waals surface area contributed by atoms with Crippen LogP contribution in [0.25, 0.3) is 0 Å². The van der Waals surface area contributed by atoms with Crippen LogP contribution in [0.1, 0.15) is 32.6 Å². The number of aromatic nitrogens is 1. The number of nitro groups is 1. The fourth-order valence-electron chi connectivity index (χ4n) is 4.08. The average Bonchev–Trinajstić information content (AvgIpc) is 3.16. The highest BCUT2D eigenvalue weighted by molar-refractivity contribution is 8.00. The first-order valence-corrected chi connectivity index (χ1v) is 9.04. The molecule has 4 atom stereocenters. The van der Waals surface area contributed by atoms with Crippen molar-refractivity contribution in [3.05, 3.63) is 28.4 Å². The summed E-state index contributed by atoms with van der Waals surface area (Å²) in [6, 6.07) is 3.11. The Kier molecular flexibility index (Phi) is 4.84. The molecule has 3 rings (SSSR count). The van der Waals surface area contributed by atoms with Crippen molar-refractivity contribution in [3.63, 3.8) is 0 Å². The number of pyridine rings is 1. The molecule has 0 saturated heterocycles. The fourth-order valence-corrected chi connectivity index (χ4v) is 4.85. The number of amides is 1. The summed E-state index contributed by atoms with van der Waals surface area (Å²) in [5.41, 5.74) is -0.0496. The zero-order valence-electron chi connectivity index (χ0n) is 13.1. The molecular weight excluding hydrogens is 314 g/mol. The van der Waals surface area contributed by atoms with Crippen LogP contribution in [0.2, 0.25) is 0 Å². The van der Waals surface area contributed by atoms with Gasteiger partial charge >= 0.3 is 5.69 Å². The lowest BCUT2D eigenvalue weighted by Gasteiger charge is -2.28. The molecule has 1 heterocycles. The van der Waals surface area contributed by atoms with Crippen molar-refractivity contribution in [2.24, 2.45) is 17.8 Å². The normalized spacial score (nSPS) is 26.9. The summed E-state index contributed by atoms with van der Waals surface area (Å²) in [6.45, 7) is 2.08. The van der Waals surface area contributed by atoms with Crippen molar-refractivity contribution in [3.8, 4) is 0 Å². The van der Waals surface area contributed by atoms with Crippen LogP contribution in [0.5, 0.6) is 0 Å². The number of nitrogens with zero attached hydrogens (tertiary/aromatic N) is 2. The Balaban J connectivity index is 1.51. The molecule has 1 aromatic heterocycles. The van der Waals surface area contributed by atoms with E-state index in [2.05, 4.69) is 17.2 Å². The van der Waals surface area contributed by atoms with E-state index < -0.39 is 4.92 Å². The van der Waals surface area contributed by atoms with Gasteiger partial charge in [-0.2, -0.15) is 0 Å². The van der Waals surface area contributed by atoms with Crippen LogP contribution >= 0.6 is 11.8 Å². The van der Waals surface area contributed by atoms with Gasteiger partial charge in [-0.05, 0) is 50.0 Å². The van der Waals surface area contributed by atoms with E-state index in [4.69, 9.17) is 0 Å². The van der Waals surface area contributed by atoms with E-state index in [0.29, 0.717) is 10.9 Å². The number of nitrogens with one attached hydrogen (secondary N) is 1. The van der Waals surface area contributed by atoms with Gasteiger partial charge in [0, 0.05) is 18.3 Å². The van der Waals surface area contributed by atoms with Gasteiger partial charge in [-0.3, -0.25) is 14.9 Å². The van der Waals surface area contributed by atoms with Gasteiger partial charge in [0.15, 0.2) is 5.03 Å². The molecule has 1 aromatic rings. The summed E-state index contributed by atoms with van der Waals surface area (Å²) < 4.78 is 0. The largest absolute Gasteiger partial charge is 0.353 e. The third-order valence-corrected chi connectivity index (χ3v) is 6.11. The number of carbonyl (C=O) groups excluding carboxylic acids is 1. The summed E-state index contributed by atoms with van der Waals surface area (Å²) >= 11 is 1.12. The molecule has 0 aliphatic heterocycles. The molecule has 1 N–H and O–H groups in total. The molecule has 2 aliphatic rings. The quantitative estimate of drug-likeness (QED) is 0.491. The van der Waals surface area contributed by atoms with Crippen LogP contribution in [0.4, 0.5) is 5.69 Å². The van der Waals surface area contributed by atoms with E-state index in [9.17, 15) is 14.9 Å². The van der Waals surface area contributed by atoms with Gasteiger partial charge in [0.1, 0.15) is 0 Å². The van der Waals surface area contributed by atoms with Crippen LogP contribution in [0.15, 0.2) is 23.4 Å². The van der Waals surface area contributed by atoms with Crippen molar-refractivity contribution in [2.45, 2.75) is 43.7 Å². The van der Waals surface area contributed by atoms with E-state index in [1.165, 1.54) is 44.0 Å². The predicted octanol–water partition coefficient (Wildman–Crippen LogP) is 3.02. The summed E-state index contributed by atoms with van der Waals surface area (Å²) in [5.74, 6) is 2.29. The summed E-state index contributed by atoms with van der Waals surface area (Å²) in [6.07, 6.45) is 6.70. The Hall–Kier alpha value is -1.63. The third kappa shape index (κ3) is 3.65. The molecule has 124 valence electrons. The Labute approximate surface area is 139 Å². The van der Waals surface area contributed by atoms with Crippen LogP contribution in [-0.4, -0.2) is 27.6 Å². The van der Waals surface area contributed by atoms with Gasteiger partial charge in [-0.1, -0.05) is 18.2 Å². The van der Waals surface area contributed by atoms with Crippen molar-refractivity contribution in [1.29, 1.82) is 0 Å². The number of rotatable bonds is 6. The first kappa shape index (κ1) is 16.2. The number of thioether (sulfide) groups is 1. The smallest absolute Gasteiger partial charge is 0.301 e. The molecule has 7 heteroatoms. The Bertz CT molecular complexity index is 610. The maximum atomic E-state index is 12.1. The lowest BCUT2D eigenvalue weighted by molar-refractivity contribution is -0.388. The number of hydrogen-bond donors (Lipinski definition) is 1. The molecule has 23 heavy (non-hydrogen) atoms. The van der Waals surface area contributed by atoms with Crippen molar-refractivity contribution >= 4 is 23.4 Å². The Morgan fingerprint density at radius 2 is 2.35 bits per heavy atom. The molecular formula is C16H21N3O3S. The Morgan fingerprint density at radius 1 is 1.52 bits per heavy atom. The van der Waals surface area contributed by atoms with Gasteiger partial charge in [-0.25, -0.2) is 4.98 Å².